The topological polar surface area (TPSA) is 70.7 Å². The number of anilines is 2. The maximum atomic E-state index is 12.4. The van der Waals surface area contributed by atoms with Crippen molar-refractivity contribution in [1.29, 1.82) is 0 Å². The Kier molecular flexibility index (Phi) is 5.58. The van der Waals surface area contributed by atoms with E-state index in [0.717, 1.165) is 41.1 Å². The van der Waals surface area contributed by atoms with Gasteiger partial charge in [-0.2, -0.15) is 0 Å². The van der Waals surface area contributed by atoms with Crippen molar-refractivity contribution in [3.8, 4) is 11.1 Å². The van der Waals surface area contributed by atoms with E-state index in [1.165, 1.54) is 24.8 Å². The fourth-order valence-corrected chi connectivity index (χ4v) is 4.89. The van der Waals surface area contributed by atoms with Gasteiger partial charge in [-0.3, -0.25) is 4.79 Å². The van der Waals surface area contributed by atoms with Gasteiger partial charge in [0.05, 0.1) is 12.0 Å². The minimum Gasteiger partial charge on any atom is -0.459 e. The first-order valence-corrected chi connectivity index (χ1v) is 12.1. The van der Waals surface area contributed by atoms with Gasteiger partial charge in [0.1, 0.15) is 0 Å². The number of aromatic nitrogens is 1. The number of fused-ring (bicyclic) bond motifs is 1. The first-order chi connectivity index (χ1) is 17.1. The molecule has 0 bridgehead atoms. The zero-order valence-corrected chi connectivity index (χ0v) is 19.8. The number of nitrogens with zero attached hydrogens (tertiary/aromatic N) is 3. The van der Waals surface area contributed by atoms with Crippen LogP contribution >= 0.6 is 11.6 Å². The molecule has 35 heavy (non-hydrogen) atoms. The summed E-state index contributed by atoms with van der Waals surface area (Å²) in [4.78, 5) is 24.1. The molecule has 1 fully saturated rings. The van der Waals surface area contributed by atoms with Gasteiger partial charge in [-0.25, -0.2) is 9.98 Å². The van der Waals surface area contributed by atoms with Crippen molar-refractivity contribution in [3.63, 3.8) is 0 Å². The Morgan fingerprint density at radius 3 is 2.60 bits per heavy atom. The van der Waals surface area contributed by atoms with Crippen LogP contribution in [0.25, 0.3) is 11.1 Å². The Balaban J connectivity index is 1.21. The predicted molar refractivity (Wildman–Crippen MR) is 139 cm³/mol. The number of nitrogens with one attached hydrogen (secondary N) is 1. The number of amides is 1. The summed E-state index contributed by atoms with van der Waals surface area (Å²) < 4.78 is 5.17. The Bertz CT molecular complexity index is 1420. The maximum absolute atomic E-state index is 12.4. The van der Waals surface area contributed by atoms with Crippen LogP contribution in [0.2, 0.25) is 5.02 Å². The van der Waals surface area contributed by atoms with E-state index in [4.69, 9.17) is 21.0 Å². The van der Waals surface area contributed by atoms with Crippen LogP contribution in [0, 0.1) is 0 Å². The molecule has 0 aliphatic carbocycles. The molecule has 7 heteroatoms. The Morgan fingerprint density at radius 2 is 1.83 bits per heavy atom. The second-order valence-corrected chi connectivity index (χ2v) is 9.22. The quantitative estimate of drug-likeness (QED) is 0.351. The normalized spacial score (nSPS) is 14.7. The predicted octanol–water partition coefficient (Wildman–Crippen LogP) is 6.52. The van der Waals surface area contributed by atoms with Gasteiger partial charge in [0.15, 0.2) is 11.6 Å². The van der Waals surface area contributed by atoms with Gasteiger partial charge in [0.25, 0.3) is 5.91 Å². The fourth-order valence-electron chi connectivity index (χ4n) is 4.66. The minimum atomic E-state index is -0.318. The van der Waals surface area contributed by atoms with E-state index in [2.05, 4.69) is 45.5 Å². The Morgan fingerprint density at radius 1 is 1.00 bits per heavy atom. The second kappa shape index (κ2) is 9.04. The molecule has 1 N–H and O–H groups in total. The second-order valence-electron chi connectivity index (χ2n) is 8.81. The van der Waals surface area contributed by atoms with Crippen LogP contribution in [-0.2, 0) is 6.42 Å². The summed E-state index contributed by atoms with van der Waals surface area (Å²) >= 11 is 6.51. The number of hydrogen-bond acceptors (Lipinski definition) is 5. The molecule has 0 atom stereocenters. The maximum Gasteiger partial charge on any atom is 0.291 e. The molecule has 2 aliphatic rings. The van der Waals surface area contributed by atoms with Crippen molar-refractivity contribution in [2.24, 2.45) is 4.99 Å². The van der Waals surface area contributed by atoms with Crippen LogP contribution in [0.4, 0.5) is 17.2 Å². The molecular formula is C28H23ClN4O2. The number of carbonyl (C=O) groups is 1. The standard InChI is InChI=1S/C28H23ClN4O2/c29-24-10-7-21(31-28(34)26-4-3-13-35-26)16-23(24)25-15-19-14-20(17-30-27(19)32-25)18-5-8-22(9-6-18)33-11-1-2-12-33/h3-10,13-14,16-17H,1-2,11-12,15H2,(H,31,34). The third kappa shape index (κ3) is 4.33. The zero-order valence-electron chi connectivity index (χ0n) is 19.0. The number of carbonyl (C=O) groups excluding carboxylic acids is 1. The van der Waals surface area contributed by atoms with Crippen LogP contribution in [0.3, 0.4) is 0 Å². The molecule has 4 aromatic rings. The Hall–Kier alpha value is -3.90. The summed E-state index contributed by atoms with van der Waals surface area (Å²) in [5.41, 5.74) is 6.76. The molecule has 0 saturated carbocycles. The number of rotatable bonds is 5. The highest BCUT2D eigenvalue weighted by atomic mass is 35.5. The van der Waals surface area contributed by atoms with Crippen LogP contribution in [0.1, 0.15) is 34.5 Å². The lowest BCUT2D eigenvalue weighted by atomic mass is 10.0. The smallest absolute Gasteiger partial charge is 0.291 e. The van der Waals surface area contributed by atoms with Crippen molar-refractivity contribution < 1.29 is 9.21 Å². The van der Waals surface area contributed by atoms with E-state index in [1.807, 2.05) is 12.3 Å². The van der Waals surface area contributed by atoms with Gasteiger partial charge >= 0.3 is 0 Å². The average molecular weight is 483 g/mol. The first kappa shape index (κ1) is 21.6. The van der Waals surface area contributed by atoms with E-state index < -0.39 is 0 Å². The molecule has 4 heterocycles. The number of pyridine rings is 1. The van der Waals surface area contributed by atoms with Crippen molar-refractivity contribution in [1.82, 2.24) is 4.98 Å². The molecule has 2 aromatic heterocycles. The number of aliphatic imine (C=N–C) groups is 1. The summed E-state index contributed by atoms with van der Waals surface area (Å²) in [6.07, 6.45) is 6.50. The van der Waals surface area contributed by atoms with Crippen LogP contribution in [0.5, 0.6) is 0 Å². The molecule has 0 unspecified atom stereocenters. The molecular weight excluding hydrogens is 460 g/mol. The molecule has 0 radical (unpaired) electrons. The molecule has 2 aromatic carbocycles. The third-order valence-corrected chi connectivity index (χ3v) is 6.82. The summed E-state index contributed by atoms with van der Waals surface area (Å²) in [6, 6.07) is 19.5. The zero-order chi connectivity index (χ0) is 23.8. The van der Waals surface area contributed by atoms with E-state index in [9.17, 15) is 4.79 Å². The van der Waals surface area contributed by atoms with E-state index in [1.54, 1.807) is 24.3 Å². The van der Waals surface area contributed by atoms with Crippen molar-refractivity contribution >= 4 is 40.4 Å². The fraction of sp³-hybridized carbons (Fsp3) is 0.179. The summed E-state index contributed by atoms with van der Waals surface area (Å²) in [7, 11) is 0. The molecule has 174 valence electrons. The van der Waals surface area contributed by atoms with Gasteiger partial charge in [-0.1, -0.05) is 23.7 Å². The molecule has 1 amide bonds. The Labute approximate surface area is 208 Å². The number of hydrogen-bond donors (Lipinski definition) is 1. The van der Waals surface area contributed by atoms with Gasteiger partial charge in [-0.05, 0) is 66.9 Å². The first-order valence-electron chi connectivity index (χ1n) is 11.7. The molecule has 2 aliphatic heterocycles. The van der Waals surface area contributed by atoms with Crippen LogP contribution < -0.4 is 10.2 Å². The van der Waals surface area contributed by atoms with Crippen molar-refractivity contribution in [3.05, 3.63) is 95.0 Å². The van der Waals surface area contributed by atoms with Crippen LogP contribution in [-0.4, -0.2) is 29.7 Å². The summed E-state index contributed by atoms with van der Waals surface area (Å²) in [5.74, 6) is 0.637. The van der Waals surface area contributed by atoms with E-state index in [-0.39, 0.29) is 11.7 Å². The third-order valence-electron chi connectivity index (χ3n) is 6.49. The summed E-state index contributed by atoms with van der Waals surface area (Å²) in [6.45, 7) is 2.27. The highest BCUT2D eigenvalue weighted by molar-refractivity contribution is 6.34. The number of furan rings is 1. The van der Waals surface area contributed by atoms with E-state index in [0.29, 0.717) is 22.9 Å². The van der Waals surface area contributed by atoms with Crippen molar-refractivity contribution in [2.75, 3.05) is 23.3 Å². The van der Waals surface area contributed by atoms with Crippen LogP contribution in [0.15, 0.2) is 82.5 Å². The summed E-state index contributed by atoms with van der Waals surface area (Å²) in [5, 5.41) is 3.42. The minimum absolute atomic E-state index is 0.248. The number of halogens is 1. The lowest BCUT2D eigenvalue weighted by Gasteiger charge is -2.17. The monoisotopic (exact) mass is 482 g/mol. The molecule has 6 nitrogen and oxygen atoms in total. The van der Waals surface area contributed by atoms with Gasteiger partial charge in [-0.15, -0.1) is 0 Å². The highest BCUT2D eigenvalue weighted by Crippen LogP contribution is 2.34. The SMILES string of the molecule is O=C(Nc1ccc(Cl)c(C2=Nc3ncc(-c4ccc(N5CCCC5)cc4)cc3C2)c1)c1ccco1. The molecule has 1 saturated heterocycles. The molecule has 6 rings (SSSR count). The lowest BCUT2D eigenvalue weighted by Crippen LogP contribution is -2.17. The van der Waals surface area contributed by atoms with Gasteiger partial charge in [0.2, 0.25) is 0 Å². The molecule has 0 spiro atoms. The average Bonchev–Trinajstić information content (AvgIpc) is 3.67. The van der Waals surface area contributed by atoms with Gasteiger partial charge < -0.3 is 14.6 Å². The number of benzene rings is 2. The van der Waals surface area contributed by atoms with Crippen molar-refractivity contribution in [2.45, 2.75) is 19.3 Å². The lowest BCUT2D eigenvalue weighted by molar-refractivity contribution is 0.0996. The van der Waals surface area contributed by atoms with E-state index >= 15 is 0 Å². The highest BCUT2D eigenvalue weighted by Gasteiger charge is 2.21. The van der Waals surface area contributed by atoms with Gasteiger partial charge in [0, 0.05) is 58.8 Å². The largest absolute Gasteiger partial charge is 0.459 e.